The van der Waals surface area contributed by atoms with Crippen molar-refractivity contribution in [2.45, 2.75) is 81.7 Å². The van der Waals surface area contributed by atoms with Crippen LogP contribution < -0.4 is 10.6 Å². The molecule has 4 aromatic carbocycles. The first-order valence-corrected chi connectivity index (χ1v) is 16.5. The molecule has 2 aliphatic rings. The van der Waals surface area contributed by atoms with Crippen molar-refractivity contribution in [3.8, 4) is 0 Å². The van der Waals surface area contributed by atoms with Crippen LogP contribution >= 0.6 is 0 Å². The fourth-order valence-electron chi connectivity index (χ4n) is 6.61. The second-order valence-corrected chi connectivity index (χ2v) is 12.8. The summed E-state index contributed by atoms with van der Waals surface area (Å²) >= 11 is 0. The number of rotatable bonds is 13. The fraction of sp³-hybridized carbons (Fsp3) is 0.333. The maximum Gasteiger partial charge on any atom is 0.252 e. The van der Waals surface area contributed by atoms with E-state index >= 15 is 0 Å². The van der Waals surface area contributed by atoms with Crippen LogP contribution in [0.5, 0.6) is 0 Å². The first kappa shape index (κ1) is 34.4. The second kappa shape index (κ2) is 15.4. The zero-order chi connectivity index (χ0) is 34.5. The van der Waals surface area contributed by atoms with Crippen LogP contribution in [0.15, 0.2) is 103 Å². The largest absolute Gasteiger partial charge is 0.390 e. The normalized spacial score (nSPS) is 22.0. The molecule has 0 saturated carbocycles. The summed E-state index contributed by atoms with van der Waals surface area (Å²) in [6, 6.07) is 29.6. The van der Waals surface area contributed by atoms with Crippen LogP contribution in [0.1, 0.15) is 51.0 Å². The van der Waals surface area contributed by atoms with E-state index < -0.39 is 60.5 Å². The van der Waals surface area contributed by atoms with Gasteiger partial charge in [0.2, 0.25) is 0 Å². The predicted octanol–water partition coefficient (Wildman–Crippen LogP) is 2.74. The number of hydrogen-bond donors (Lipinski definition) is 6. The number of nitrogens with one attached hydrogen (secondary N) is 2. The lowest BCUT2D eigenvalue weighted by molar-refractivity contribution is -0.171. The minimum atomic E-state index is -1.94. The van der Waals surface area contributed by atoms with Gasteiger partial charge in [-0.3, -0.25) is 9.59 Å². The Morgan fingerprint density at radius 3 is 1.51 bits per heavy atom. The molecule has 8 atom stereocenters. The van der Waals surface area contributed by atoms with Gasteiger partial charge in [0, 0.05) is 12.8 Å². The molecule has 6 rings (SSSR count). The number of amides is 2. The maximum absolute atomic E-state index is 13.9. The van der Waals surface area contributed by atoms with Crippen molar-refractivity contribution >= 4 is 11.8 Å². The van der Waals surface area contributed by atoms with Crippen LogP contribution in [0.25, 0.3) is 0 Å². The van der Waals surface area contributed by atoms with Crippen LogP contribution in [0.3, 0.4) is 0 Å². The highest BCUT2D eigenvalue weighted by Crippen LogP contribution is 2.33. The summed E-state index contributed by atoms with van der Waals surface area (Å²) in [6.07, 6.45) is -8.33. The Morgan fingerprint density at radius 1 is 0.633 bits per heavy atom. The van der Waals surface area contributed by atoms with Crippen LogP contribution in [-0.4, -0.2) is 68.9 Å². The number of aryl methyl sites for hydroxylation is 1. The van der Waals surface area contributed by atoms with Gasteiger partial charge < -0.3 is 40.5 Å². The molecule has 0 aromatic heterocycles. The van der Waals surface area contributed by atoms with Crippen molar-refractivity contribution in [2.75, 3.05) is 0 Å². The number of hydrogen-bond acceptors (Lipinski definition) is 8. The van der Waals surface area contributed by atoms with Gasteiger partial charge in [0.25, 0.3) is 11.8 Å². The highest BCUT2D eigenvalue weighted by Gasteiger charge is 2.44. The van der Waals surface area contributed by atoms with Crippen LogP contribution in [0, 0.1) is 6.92 Å². The van der Waals surface area contributed by atoms with E-state index in [1.165, 1.54) is 0 Å². The molecular weight excluding hydrogens is 624 g/mol. The fourth-order valence-corrected chi connectivity index (χ4v) is 6.61. The van der Waals surface area contributed by atoms with Crippen molar-refractivity contribution in [3.05, 3.63) is 142 Å². The molecule has 0 aliphatic heterocycles. The van der Waals surface area contributed by atoms with E-state index in [0.29, 0.717) is 18.4 Å². The third-order valence-electron chi connectivity index (χ3n) is 9.31. The lowest BCUT2D eigenvalue weighted by Gasteiger charge is -2.32. The number of ether oxygens (including phenoxy) is 2. The molecule has 6 N–H and O–H groups in total. The van der Waals surface area contributed by atoms with Crippen LogP contribution in [0.2, 0.25) is 0 Å². The van der Waals surface area contributed by atoms with Gasteiger partial charge in [0.15, 0.2) is 12.2 Å². The molecule has 4 aromatic rings. The highest BCUT2D eigenvalue weighted by atomic mass is 16.5. The number of aliphatic hydroxyl groups excluding tert-OH is 4. The molecule has 10 nitrogen and oxygen atoms in total. The van der Waals surface area contributed by atoms with Gasteiger partial charge in [0.1, 0.15) is 12.2 Å². The Hall–Kier alpha value is -4.42. The van der Waals surface area contributed by atoms with Crippen molar-refractivity contribution < 1.29 is 39.5 Å². The second-order valence-electron chi connectivity index (χ2n) is 12.8. The summed E-state index contributed by atoms with van der Waals surface area (Å²) in [4.78, 5) is 27.8. The van der Waals surface area contributed by atoms with Gasteiger partial charge in [-0.25, -0.2) is 0 Å². The van der Waals surface area contributed by atoms with Gasteiger partial charge in [0.05, 0.1) is 37.5 Å². The Labute approximate surface area is 285 Å². The van der Waals surface area contributed by atoms with E-state index in [1.54, 1.807) is 24.3 Å². The number of carbonyl (C=O) groups is 2. The molecule has 0 unspecified atom stereocenters. The first-order chi connectivity index (χ1) is 23.7. The Kier molecular flexibility index (Phi) is 10.8. The number of carbonyl (C=O) groups excluding carboxylic acids is 2. The molecule has 0 bridgehead atoms. The van der Waals surface area contributed by atoms with Crippen molar-refractivity contribution in [2.24, 2.45) is 0 Å². The molecule has 49 heavy (non-hydrogen) atoms. The van der Waals surface area contributed by atoms with E-state index in [2.05, 4.69) is 10.6 Å². The van der Waals surface area contributed by atoms with Gasteiger partial charge in [-0.05, 0) is 40.3 Å². The Bertz CT molecular complexity index is 1730. The Balaban J connectivity index is 1.26. The average Bonchev–Trinajstić information content (AvgIpc) is 3.60. The van der Waals surface area contributed by atoms with Crippen LogP contribution in [-0.2, 0) is 45.1 Å². The summed E-state index contributed by atoms with van der Waals surface area (Å²) in [7, 11) is 0. The van der Waals surface area contributed by atoms with E-state index in [0.717, 1.165) is 33.4 Å². The zero-order valence-electron chi connectivity index (χ0n) is 27.2. The molecule has 0 fully saturated rings. The highest BCUT2D eigenvalue weighted by molar-refractivity contribution is 5.84. The molecule has 0 heterocycles. The average molecular weight is 667 g/mol. The predicted molar refractivity (Wildman–Crippen MR) is 181 cm³/mol. The minimum absolute atomic E-state index is 0.0846. The van der Waals surface area contributed by atoms with Crippen molar-refractivity contribution in [1.82, 2.24) is 10.6 Å². The van der Waals surface area contributed by atoms with E-state index in [9.17, 15) is 30.0 Å². The molecule has 2 amide bonds. The molecular formula is C39H42N2O8. The summed E-state index contributed by atoms with van der Waals surface area (Å²) < 4.78 is 12.0. The van der Waals surface area contributed by atoms with Gasteiger partial charge in [-0.15, -0.1) is 0 Å². The minimum Gasteiger partial charge on any atom is -0.390 e. The monoisotopic (exact) mass is 666 g/mol. The number of aliphatic hydroxyl groups is 4. The van der Waals surface area contributed by atoms with E-state index in [-0.39, 0.29) is 13.2 Å². The lowest BCUT2D eigenvalue weighted by atomic mass is 9.99. The van der Waals surface area contributed by atoms with Crippen LogP contribution in [0.4, 0.5) is 0 Å². The third kappa shape index (κ3) is 7.91. The maximum atomic E-state index is 13.9. The smallest absolute Gasteiger partial charge is 0.252 e. The molecule has 0 radical (unpaired) electrons. The topological polar surface area (TPSA) is 158 Å². The summed E-state index contributed by atoms with van der Waals surface area (Å²) in [6.45, 7) is 1.77. The summed E-state index contributed by atoms with van der Waals surface area (Å²) in [5, 5.41) is 50.6. The third-order valence-corrected chi connectivity index (χ3v) is 9.31. The lowest BCUT2D eigenvalue weighted by Crippen LogP contribution is -2.57. The molecule has 2 aliphatic carbocycles. The molecule has 0 spiro atoms. The Morgan fingerprint density at radius 2 is 1.04 bits per heavy atom. The molecule has 0 saturated heterocycles. The number of fused-ring (bicyclic) bond motifs is 2. The quantitative estimate of drug-likeness (QED) is 0.127. The SMILES string of the molecule is Cc1ccc(CO[C@@H](C(=O)N[C@H]2c3ccccc3C[C@H]2O)[C@H](O)[C@@H](O)[C@@H](OCc2ccccc2)C(=O)N[C@H]2c3ccccc3C[C@H]2O)cc1. The van der Waals surface area contributed by atoms with Gasteiger partial charge >= 0.3 is 0 Å². The van der Waals surface area contributed by atoms with E-state index in [1.807, 2.05) is 85.8 Å². The summed E-state index contributed by atoms with van der Waals surface area (Å²) in [5.74, 6) is -1.55. The summed E-state index contributed by atoms with van der Waals surface area (Å²) in [5.41, 5.74) is 5.73. The van der Waals surface area contributed by atoms with Gasteiger partial charge in [-0.2, -0.15) is 0 Å². The molecule has 256 valence electrons. The zero-order valence-corrected chi connectivity index (χ0v) is 27.2. The van der Waals surface area contributed by atoms with Gasteiger partial charge in [-0.1, -0.05) is 109 Å². The standard InChI is InChI=1S/C39H42N2O8/c1-23-15-17-25(18-16-23)22-49-37(39(47)41-33-29-14-8-6-12-27(29)20-31(33)43)35(45)34(44)36(48-21-24-9-3-2-4-10-24)38(46)40-32-28-13-7-5-11-26(28)19-30(32)42/h2-18,30-37,42-45H,19-22H2,1H3,(H,40,46)(H,41,47)/t30-,31-,32+,33+,34-,35-,36-,37-/m1/s1. The first-order valence-electron chi connectivity index (χ1n) is 16.5. The van der Waals surface area contributed by atoms with Crippen molar-refractivity contribution in [1.29, 1.82) is 0 Å². The van der Waals surface area contributed by atoms with E-state index in [4.69, 9.17) is 9.47 Å². The number of benzene rings is 4. The molecule has 10 heteroatoms. The van der Waals surface area contributed by atoms with Crippen molar-refractivity contribution in [3.63, 3.8) is 0 Å².